The third-order valence-corrected chi connectivity index (χ3v) is 5.06. The lowest BCUT2D eigenvalue weighted by Gasteiger charge is -2.30. The van der Waals surface area contributed by atoms with E-state index in [4.69, 9.17) is 9.47 Å². The third kappa shape index (κ3) is 4.61. The number of ether oxygens (including phenoxy) is 2. The highest BCUT2D eigenvalue weighted by molar-refractivity contribution is 6.04. The van der Waals surface area contributed by atoms with Gasteiger partial charge in [-0.25, -0.2) is 4.98 Å². The molecule has 1 amide bonds. The normalized spacial score (nSPS) is 19.4. The Balaban J connectivity index is 1.38. The molecule has 0 aliphatic carbocycles. The zero-order chi connectivity index (χ0) is 19.2. The molecule has 0 bridgehead atoms. The molecule has 2 aromatic rings. The van der Waals surface area contributed by atoms with Gasteiger partial charge >= 0.3 is 0 Å². The average Bonchev–Trinajstić information content (AvgIpc) is 3.27. The van der Waals surface area contributed by atoms with Crippen molar-refractivity contribution >= 4 is 23.0 Å². The fourth-order valence-corrected chi connectivity index (χ4v) is 3.52. The molecular weight excluding hydrogens is 356 g/mol. The van der Waals surface area contributed by atoms with Crippen molar-refractivity contribution in [1.82, 2.24) is 4.98 Å². The molecule has 2 fully saturated rings. The van der Waals surface area contributed by atoms with Crippen molar-refractivity contribution in [2.45, 2.75) is 18.9 Å². The van der Waals surface area contributed by atoms with Crippen LogP contribution >= 0.6 is 0 Å². The van der Waals surface area contributed by atoms with Gasteiger partial charge in [0.15, 0.2) is 0 Å². The highest BCUT2D eigenvalue weighted by Gasteiger charge is 2.17. The molecular formula is C21H26N4O3. The summed E-state index contributed by atoms with van der Waals surface area (Å²) < 4.78 is 11.0. The van der Waals surface area contributed by atoms with Gasteiger partial charge in [-0.05, 0) is 37.1 Å². The van der Waals surface area contributed by atoms with Crippen LogP contribution in [0.1, 0.15) is 23.3 Å². The van der Waals surface area contributed by atoms with Gasteiger partial charge in [-0.15, -0.1) is 0 Å². The molecule has 7 heteroatoms. The fourth-order valence-electron chi connectivity index (χ4n) is 3.52. The van der Waals surface area contributed by atoms with E-state index in [9.17, 15) is 4.79 Å². The van der Waals surface area contributed by atoms with Crippen molar-refractivity contribution in [2.24, 2.45) is 0 Å². The van der Waals surface area contributed by atoms with Gasteiger partial charge in [0, 0.05) is 26.2 Å². The molecule has 2 N–H and O–H groups in total. The number of nitrogens with one attached hydrogen (secondary N) is 2. The van der Waals surface area contributed by atoms with E-state index >= 15 is 0 Å². The van der Waals surface area contributed by atoms with Crippen molar-refractivity contribution in [1.29, 1.82) is 0 Å². The fraction of sp³-hybridized carbons (Fsp3) is 0.429. The van der Waals surface area contributed by atoms with Crippen LogP contribution in [0.2, 0.25) is 0 Å². The van der Waals surface area contributed by atoms with E-state index in [0.717, 1.165) is 56.1 Å². The van der Waals surface area contributed by atoms with Crippen molar-refractivity contribution in [3.8, 4) is 0 Å². The van der Waals surface area contributed by atoms with Gasteiger partial charge in [-0.3, -0.25) is 4.79 Å². The van der Waals surface area contributed by atoms with Crippen molar-refractivity contribution in [3.63, 3.8) is 0 Å². The van der Waals surface area contributed by atoms with E-state index in [2.05, 4.69) is 20.5 Å². The Bertz CT molecular complexity index is 784. The molecule has 2 saturated heterocycles. The standard InChI is InChI=1S/C21H26N4O3/c26-21(19-8-7-16(14-23-19)22-15-17-4-3-11-28-17)24-18-5-1-2-6-20(18)25-9-12-27-13-10-25/h1-2,5-8,14,17,22H,3-4,9-13,15H2,(H,24,26). The van der Waals surface area contributed by atoms with Gasteiger partial charge in [0.25, 0.3) is 5.91 Å². The highest BCUT2D eigenvalue weighted by Crippen LogP contribution is 2.26. The van der Waals surface area contributed by atoms with Crippen molar-refractivity contribution < 1.29 is 14.3 Å². The number of amides is 1. The van der Waals surface area contributed by atoms with Crippen LogP contribution in [0.5, 0.6) is 0 Å². The number of para-hydroxylation sites is 2. The van der Waals surface area contributed by atoms with Crippen LogP contribution in [-0.4, -0.2) is 56.5 Å². The second-order valence-electron chi connectivity index (χ2n) is 7.02. The summed E-state index contributed by atoms with van der Waals surface area (Å²) in [6, 6.07) is 11.5. The van der Waals surface area contributed by atoms with Gasteiger partial charge in [0.05, 0.1) is 42.6 Å². The van der Waals surface area contributed by atoms with Gasteiger partial charge in [0.1, 0.15) is 5.69 Å². The first-order valence-corrected chi connectivity index (χ1v) is 9.84. The maximum absolute atomic E-state index is 12.7. The number of carbonyl (C=O) groups excluding carboxylic acids is 1. The van der Waals surface area contributed by atoms with Crippen molar-refractivity contribution in [3.05, 3.63) is 48.3 Å². The second kappa shape index (κ2) is 9.03. The van der Waals surface area contributed by atoms with Crippen LogP contribution < -0.4 is 15.5 Å². The molecule has 0 saturated carbocycles. The minimum atomic E-state index is -0.216. The lowest BCUT2D eigenvalue weighted by molar-refractivity contribution is 0.102. The summed E-state index contributed by atoms with van der Waals surface area (Å²) in [6.45, 7) is 4.64. The van der Waals surface area contributed by atoms with Crippen LogP contribution in [0, 0.1) is 0 Å². The Hall–Kier alpha value is -2.64. The Morgan fingerprint density at radius 1 is 1.14 bits per heavy atom. The number of hydrogen-bond donors (Lipinski definition) is 2. The quantitative estimate of drug-likeness (QED) is 0.800. The van der Waals surface area contributed by atoms with Gasteiger partial charge < -0.3 is 25.0 Å². The maximum Gasteiger partial charge on any atom is 0.274 e. The monoisotopic (exact) mass is 382 g/mol. The number of nitrogens with zero attached hydrogens (tertiary/aromatic N) is 2. The predicted octanol–water partition coefficient (Wildman–Crippen LogP) is 2.76. The Morgan fingerprint density at radius 2 is 2.00 bits per heavy atom. The number of benzene rings is 1. The summed E-state index contributed by atoms with van der Waals surface area (Å²) in [5.41, 5.74) is 3.07. The Labute approximate surface area is 165 Å². The first kappa shape index (κ1) is 18.7. The summed E-state index contributed by atoms with van der Waals surface area (Å²) >= 11 is 0. The lowest BCUT2D eigenvalue weighted by atomic mass is 10.2. The number of morpholine rings is 1. The molecule has 0 spiro atoms. The minimum absolute atomic E-state index is 0.216. The highest BCUT2D eigenvalue weighted by atomic mass is 16.5. The number of pyridine rings is 1. The number of aromatic nitrogens is 1. The predicted molar refractivity (Wildman–Crippen MR) is 109 cm³/mol. The molecule has 148 valence electrons. The maximum atomic E-state index is 12.7. The average molecular weight is 382 g/mol. The van der Waals surface area contributed by atoms with Gasteiger partial charge in [-0.2, -0.15) is 0 Å². The molecule has 0 radical (unpaired) electrons. The zero-order valence-electron chi connectivity index (χ0n) is 15.9. The Morgan fingerprint density at radius 3 is 2.75 bits per heavy atom. The molecule has 1 atom stereocenters. The number of hydrogen-bond acceptors (Lipinski definition) is 6. The van der Waals surface area contributed by atoms with Crippen LogP contribution in [0.3, 0.4) is 0 Å². The summed E-state index contributed by atoms with van der Waals surface area (Å²) in [6.07, 6.45) is 4.16. The van der Waals surface area contributed by atoms with Gasteiger partial charge in [-0.1, -0.05) is 12.1 Å². The summed E-state index contributed by atoms with van der Waals surface area (Å²) in [4.78, 5) is 19.2. The van der Waals surface area contributed by atoms with E-state index in [1.54, 1.807) is 12.3 Å². The number of carbonyl (C=O) groups is 1. The summed E-state index contributed by atoms with van der Waals surface area (Å²) in [7, 11) is 0. The summed E-state index contributed by atoms with van der Waals surface area (Å²) in [5, 5.41) is 6.31. The van der Waals surface area contributed by atoms with Gasteiger partial charge in [0.2, 0.25) is 0 Å². The Kier molecular flexibility index (Phi) is 6.04. The molecule has 2 aliphatic rings. The van der Waals surface area contributed by atoms with E-state index in [0.29, 0.717) is 18.9 Å². The van der Waals surface area contributed by atoms with Crippen LogP contribution in [-0.2, 0) is 9.47 Å². The van der Waals surface area contributed by atoms with Crippen LogP contribution in [0.4, 0.5) is 17.1 Å². The number of anilines is 3. The molecule has 7 nitrogen and oxygen atoms in total. The SMILES string of the molecule is O=C(Nc1ccccc1N1CCOCC1)c1ccc(NCC2CCCO2)cn1. The molecule has 4 rings (SSSR count). The molecule has 2 aliphatic heterocycles. The zero-order valence-corrected chi connectivity index (χ0v) is 15.9. The van der Waals surface area contributed by atoms with E-state index in [1.807, 2.05) is 30.3 Å². The number of rotatable bonds is 6. The first-order chi connectivity index (χ1) is 13.8. The second-order valence-corrected chi connectivity index (χ2v) is 7.02. The van der Waals surface area contributed by atoms with E-state index in [-0.39, 0.29) is 12.0 Å². The largest absolute Gasteiger partial charge is 0.381 e. The van der Waals surface area contributed by atoms with Crippen LogP contribution in [0.15, 0.2) is 42.6 Å². The molecule has 28 heavy (non-hydrogen) atoms. The van der Waals surface area contributed by atoms with Crippen molar-refractivity contribution in [2.75, 3.05) is 55.0 Å². The third-order valence-electron chi connectivity index (χ3n) is 5.06. The van der Waals surface area contributed by atoms with Crippen LogP contribution in [0.25, 0.3) is 0 Å². The summed E-state index contributed by atoms with van der Waals surface area (Å²) in [5.74, 6) is -0.216. The first-order valence-electron chi connectivity index (χ1n) is 9.84. The van der Waals surface area contributed by atoms with E-state index in [1.165, 1.54) is 0 Å². The smallest absolute Gasteiger partial charge is 0.274 e. The molecule has 3 heterocycles. The van der Waals surface area contributed by atoms with E-state index < -0.39 is 0 Å². The minimum Gasteiger partial charge on any atom is -0.381 e. The lowest BCUT2D eigenvalue weighted by Crippen LogP contribution is -2.36. The topological polar surface area (TPSA) is 75.7 Å². The molecule has 1 unspecified atom stereocenters. The molecule has 1 aromatic carbocycles. The molecule has 1 aromatic heterocycles.